The van der Waals surface area contributed by atoms with Crippen molar-refractivity contribution in [3.63, 3.8) is 0 Å². The number of carbonyl (C=O) groups is 2. The first-order valence-corrected chi connectivity index (χ1v) is 12.2. The number of nitrogens with one attached hydrogen (secondary N) is 1. The van der Waals surface area contributed by atoms with Crippen molar-refractivity contribution in [2.75, 3.05) is 19.0 Å². The zero-order valence-corrected chi connectivity index (χ0v) is 21.4. The predicted molar refractivity (Wildman–Crippen MR) is 132 cm³/mol. The lowest BCUT2D eigenvalue weighted by molar-refractivity contribution is -0.141. The van der Waals surface area contributed by atoms with Crippen molar-refractivity contribution in [2.24, 2.45) is 5.92 Å². The van der Waals surface area contributed by atoms with Gasteiger partial charge >= 0.3 is 12.3 Å². The van der Waals surface area contributed by atoms with Gasteiger partial charge < -0.3 is 19.7 Å². The number of fused-ring (bicyclic) bond motifs is 3. The standard InChI is InChI=1S/C26H28F3N5O4/c1-25(2,3)38-24(36)33-12-15-8-16(33)10-20(15)34-13-14-9-19(21(37-4)11-18(14)32-34)31-23(35)17-6-5-7-22(30-17)26(27,28)29/h5-7,9,11,13,15-16,20H,8,10,12H2,1-4H3,(H,31,35)/t15-,16-,20+/m0/s1. The number of halogens is 3. The Balaban J connectivity index is 1.34. The second kappa shape index (κ2) is 9.17. The Morgan fingerprint density at radius 1 is 1.13 bits per heavy atom. The SMILES string of the molecule is COc1cc2nn([C@@H]3C[C@@H]4C[C@H]3CN4C(=O)OC(C)(C)C)cc2cc1NC(=O)c1cccc(C(F)(F)F)n1. The number of hydrogen-bond donors (Lipinski definition) is 1. The molecule has 5 rings (SSSR count). The van der Waals surface area contributed by atoms with Crippen LogP contribution < -0.4 is 10.1 Å². The van der Waals surface area contributed by atoms with Crippen LogP contribution in [0.15, 0.2) is 36.5 Å². The first-order valence-electron chi connectivity index (χ1n) is 12.2. The van der Waals surface area contributed by atoms with Crippen LogP contribution in [0.4, 0.5) is 23.7 Å². The number of amides is 2. The van der Waals surface area contributed by atoms with Crippen LogP contribution in [-0.4, -0.2) is 57.0 Å². The van der Waals surface area contributed by atoms with E-state index in [1.54, 1.807) is 17.0 Å². The molecule has 38 heavy (non-hydrogen) atoms. The summed E-state index contributed by atoms with van der Waals surface area (Å²) >= 11 is 0. The van der Waals surface area contributed by atoms with Gasteiger partial charge in [0.25, 0.3) is 5.91 Å². The molecule has 0 spiro atoms. The molecule has 2 aromatic heterocycles. The molecule has 202 valence electrons. The molecule has 1 aliphatic carbocycles. The lowest BCUT2D eigenvalue weighted by atomic mass is 10.0. The Morgan fingerprint density at radius 3 is 2.53 bits per heavy atom. The molecule has 9 nitrogen and oxygen atoms in total. The van der Waals surface area contributed by atoms with E-state index in [4.69, 9.17) is 14.6 Å². The summed E-state index contributed by atoms with van der Waals surface area (Å²) in [6, 6.07) is 6.67. The molecule has 1 aromatic carbocycles. The highest BCUT2D eigenvalue weighted by Crippen LogP contribution is 2.45. The van der Waals surface area contributed by atoms with Crippen LogP contribution in [0.5, 0.6) is 5.75 Å². The van der Waals surface area contributed by atoms with E-state index in [1.165, 1.54) is 13.2 Å². The summed E-state index contributed by atoms with van der Waals surface area (Å²) in [5.74, 6) is -0.251. The number of pyridine rings is 1. The van der Waals surface area contributed by atoms with Gasteiger partial charge in [0.15, 0.2) is 0 Å². The van der Waals surface area contributed by atoms with Crippen molar-refractivity contribution in [2.45, 2.75) is 57.5 Å². The van der Waals surface area contributed by atoms with Gasteiger partial charge in [-0.05, 0) is 51.8 Å². The van der Waals surface area contributed by atoms with Crippen LogP contribution in [0.3, 0.4) is 0 Å². The van der Waals surface area contributed by atoms with Crippen molar-refractivity contribution in [3.8, 4) is 5.75 Å². The monoisotopic (exact) mass is 531 g/mol. The van der Waals surface area contributed by atoms with Gasteiger partial charge in [0.2, 0.25) is 0 Å². The molecular weight excluding hydrogens is 503 g/mol. The number of carbonyl (C=O) groups excluding carboxylic acids is 2. The van der Waals surface area contributed by atoms with Crippen LogP contribution in [-0.2, 0) is 10.9 Å². The first kappa shape index (κ1) is 25.8. The predicted octanol–water partition coefficient (Wildman–Crippen LogP) is 5.28. The summed E-state index contributed by atoms with van der Waals surface area (Å²) in [7, 11) is 1.43. The third kappa shape index (κ3) is 4.99. The smallest absolute Gasteiger partial charge is 0.433 e. The van der Waals surface area contributed by atoms with Gasteiger partial charge in [-0.3, -0.25) is 9.48 Å². The van der Waals surface area contributed by atoms with Crippen molar-refractivity contribution in [1.82, 2.24) is 19.7 Å². The van der Waals surface area contributed by atoms with Gasteiger partial charge in [-0.2, -0.15) is 18.3 Å². The van der Waals surface area contributed by atoms with E-state index < -0.39 is 23.4 Å². The van der Waals surface area contributed by atoms with Crippen LogP contribution in [0.1, 0.15) is 55.8 Å². The average molecular weight is 532 g/mol. The van der Waals surface area contributed by atoms with Gasteiger partial charge in [-0.1, -0.05) is 6.07 Å². The number of alkyl halides is 3. The summed E-state index contributed by atoms with van der Waals surface area (Å²) in [5.41, 5.74) is -1.14. The fraction of sp³-hybridized carbons (Fsp3) is 0.462. The largest absolute Gasteiger partial charge is 0.494 e. The molecule has 3 heterocycles. The molecule has 3 atom stereocenters. The lowest BCUT2D eigenvalue weighted by Gasteiger charge is -2.33. The minimum absolute atomic E-state index is 0.0801. The van der Waals surface area contributed by atoms with E-state index >= 15 is 0 Å². The molecular formula is C26H28F3N5O4. The molecule has 1 saturated carbocycles. The summed E-state index contributed by atoms with van der Waals surface area (Å²) in [4.78, 5) is 30.5. The van der Waals surface area contributed by atoms with Gasteiger partial charge in [-0.25, -0.2) is 9.78 Å². The molecule has 2 aliphatic rings. The number of nitrogens with zero attached hydrogens (tertiary/aromatic N) is 4. The van der Waals surface area contributed by atoms with E-state index in [0.29, 0.717) is 17.8 Å². The summed E-state index contributed by atoms with van der Waals surface area (Å²) in [6.45, 7) is 6.13. The quantitative estimate of drug-likeness (QED) is 0.492. The Bertz CT molecular complexity index is 1400. The van der Waals surface area contributed by atoms with E-state index in [2.05, 4.69) is 10.3 Å². The average Bonchev–Trinajstić information content (AvgIpc) is 3.55. The Morgan fingerprint density at radius 2 is 1.89 bits per heavy atom. The number of benzene rings is 1. The van der Waals surface area contributed by atoms with Crippen molar-refractivity contribution >= 4 is 28.6 Å². The molecule has 0 unspecified atom stereocenters. The Labute approximate surface area is 216 Å². The molecule has 3 aromatic rings. The van der Waals surface area contributed by atoms with Crippen molar-refractivity contribution in [1.29, 1.82) is 0 Å². The topological polar surface area (TPSA) is 98.6 Å². The maximum Gasteiger partial charge on any atom is 0.433 e. The summed E-state index contributed by atoms with van der Waals surface area (Å²) in [6.07, 6.45) is -1.47. The fourth-order valence-electron chi connectivity index (χ4n) is 5.21. The highest BCUT2D eigenvalue weighted by molar-refractivity contribution is 6.05. The van der Waals surface area contributed by atoms with Gasteiger partial charge in [0, 0.05) is 36.2 Å². The fourth-order valence-corrected chi connectivity index (χ4v) is 5.21. The third-order valence-corrected chi connectivity index (χ3v) is 6.84. The van der Waals surface area contributed by atoms with Crippen molar-refractivity contribution < 1.29 is 32.2 Å². The maximum atomic E-state index is 13.0. The number of rotatable bonds is 4. The highest BCUT2D eigenvalue weighted by Gasteiger charge is 2.48. The van der Waals surface area contributed by atoms with Gasteiger partial charge in [0.1, 0.15) is 22.7 Å². The summed E-state index contributed by atoms with van der Waals surface area (Å²) in [5, 5.41) is 8.05. The maximum absolute atomic E-state index is 13.0. The number of likely N-dealkylation sites (tertiary alicyclic amines) is 1. The number of piperidine rings is 1. The van der Waals surface area contributed by atoms with E-state index in [0.717, 1.165) is 30.4 Å². The number of methoxy groups -OCH3 is 1. The Kier molecular flexibility index (Phi) is 6.23. The minimum Gasteiger partial charge on any atom is -0.494 e. The molecule has 2 bridgehead atoms. The lowest BCUT2D eigenvalue weighted by Crippen LogP contribution is -2.43. The molecule has 1 N–H and O–H groups in total. The normalized spacial score (nSPS) is 21.1. The third-order valence-electron chi connectivity index (χ3n) is 6.84. The zero-order chi connectivity index (χ0) is 27.4. The molecule has 2 amide bonds. The Hall–Kier alpha value is -3.83. The van der Waals surface area contributed by atoms with Crippen LogP contribution >= 0.6 is 0 Å². The zero-order valence-electron chi connectivity index (χ0n) is 21.4. The van der Waals surface area contributed by atoms with E-state index in [9.17, 15) is 22.8 Å². The second-order valence-electron chi connectivity index (χ2n) is 10.7. The molecule has 2 fully saturated rings. The number of ether oxygens (including phenoxy) is 2. The van der Waals surface area contributed by atoms with E-state index in [-0.39, 0.29) is 35.5 Å². The highest BCUT2D eigenvalue weighted by atomic mass is 19.4. The van der Waals surface area contributed by atoms with E-state index in [1.807, 2.05) is 31.6 Å². The summed E-state index contributed by atoms with van der Waals surface area (Å²) < 4.78 is 51.9. The molecule has 1 aliphatic heterocycles. The number of aromatic nitrogens is 3. The molecule has 1 saturated heterocycles. The molecule has 12 heteroatoms. The van der Waals surface area contributed by atoms with Crippen LogP contribution in [0.2, 0.25) is 0 Å². The van der Waals surface area contributed by atoms with Crippen LogP contribution in [0.25, 0.3) is 10.9 Å². The number of anilines is 1. The van der Waals surface area contributed by atoms with Gasteiger partial charge in [0.05, 0.1) is 24.4 Å². The second-order valence-corrected chi connectivity index (χ2v) is 10.7. The minimum atomic E-state index is -4.66. The van der Waals surface area contributed by atoms with Gasteiger partial charge in [-0.15, -0.1) is 0 Å². The van der Waals surface area contributed by atoms with Crippen LogP contribution in [0, 0.1) is 5.92 Å². The molecule has 0 radical (unpaired) electrons. The number of hydrogen-bond acceptors (Lipinski definition) is 6. The first-order chi connectivity index (χ1) is 17.8. The van der Waals surface area contributed by atoms with Crippen molar-refractivity contribution in [3.05, 3.63) is 47.9 Å².